The minimum Gasteiger partial charge on any atom is -0.325 e. The second kappa shape index (κ2) is 7.78. The first-order valence-electron chi connectivity index (χ1n) is 8.13. The molecular weight excluding hydrogens is 372 g/mol. The van der Waals surface area contributed by atoms with Crippen LogP contribution in [0, 0.1) is 27.7 Å². The predicted molar refractivity (Wildman–Crippen MR) is 105 cm³/mol. The van der Waals surface area contributed by atoms with Crippen molar-refractivity contribution >= 4 is 33.2 Å². The summed E-state index contributed by atoms with van der Waals surface area (Å²) in [5.74, 6) is -0.427. The first kappa shape index (κ1) is 20.4. The van der Waals surface area contributed by atoms with Crippen LogP contribution in [-0.4, -0.2) is 32.2 Å². The Balaban J connectivity index is 2.22. The average Bonchev–Trinajstić information content (AvgIpc) is 2.50. The Bertz CT molecular complexity index is 932. The number of amides is 1. The lowest BCUT2D eigenvalue weighted by atomic mass is 10.1. The summed E-state index contributed by atoms with van der Waals surface area (Å²) < 4.78 is 26.9. The van der Waals surface area contributed by atoms with E-state index in [0.717, 1.165) is 15.4 Å². The van der Waals surface area contributed by atoms with E-state index in [1.54, 1.807) is 39.0 Å². The Morgan fingerprint density at radius 2 is 1.69 bits per heavy atom. The first-order chi connectivity index (χ1) is 12.0. The van der Waals surface area contributed by atoms with Crippen molar-refractivity contribution in [3.63, 3.8) is 0 Å². The molecule has 1 N–H and O–H groups in total. The number of hydrogen-bond donors (Lipinski definition) is 1. The summed E-state index contributed by atoms with van der Waals surface area (Å²) in [5.41, 5.74) is 3.63. The standard InChI is InChI=1S/C19H23ClN2O3S/c1-12-9-13(2)19(14(3)10-12)26(24,25)22(5)11-18(23)21-17-8-6-7-16(20)15(17)4/h6-10H,11H2,1-5H3,(H,21,23). The molecule has 0 radical (unpaired) electrons. The molecule has 0 saturated carbocycles. The van der Waals surface area contributed by atoms with Gasteiger partial charge in [0.25, 0.3) is 0 Å². The maximum absolute atomic E-state index is 12.9. The molecule has 5 nitrogen and oxygen atoms in total. The minimum absolute atomic E-state index is 0.248. The second-order valence-electron chi connectivity index (χ2n) is 6.45. The highest BCUT2D eigenvalue weighted by atomic mass is 35.5. The third-order valence-electron chi connectivity index (χ3n) is 4.18. The number of hydrogen-bond acceptors (Lipinski definition) is 3. The summed E-state index contributed by atoms with van der Waals surface area (Å²) in [6, 6.07) is 8.82. The molecule has 0 saturated heterocycles. The van der Waals surface area contributed by atoms with Gasteiger partial charge in [-0.25, -0.2) is 8.42 Å². The van der Waals surface area contributed by atoms with Crippen molar-refractivity contribution < 1.29 is 13.2 Å². The van der Waals surface area contributed by atoms with Gasteiger partial charge in [-0.2, -0.15) is 4.31 Å². The van der Waals surface area contributed by atoms with Crippen LogP contribution >= 0.6 is 11.6 Å². The van der Waals surface area contributed by atoms with Crippen LogP contribution in [0.3, 0.4) is 0 Å². The summed E-state index contributed by atoms with van der Waals surface area (Å²) in [6.07, 6.45) is 0. The molecule has 140 valence electrons. The molecule has 26 heavy (non-hydrogen) atoms. The van der Waals surface area contributed by atoms with E-state index in [4.69, 9.17) is 11.6 Å². The molecule has 0 spiro atoms. The van der Waals surface area contributed by atoms with Crippen LogP contribution < -0.4 is 5.32 Å². The van der Waals surface area contributed by atoms with E-state index >= 15 is 0 Å². The first-order valence-corrected chi connectivity index (χ1v) is 9.95. The number of rotatable bonds is 5. The number of sulfonamides is 1. The third kappa shape index (κ3) is 4.26. The number of halogens is 1. The van der Waals surface area contributed by atoms with Crippen molar-refractivity contribution in [2.24, 2.45) is 0 Å². The smallest absolute Gasteiger partial charge is 0.243 e. The number of likely N-dealkylation sites (N-methyl/N-ethyl adjacent to an activating group) is 1. The van der Waals surface area contributed by atoms with Gasteiger partial charge in [-0.1, -0.05) is 35.4 Å². The maximum Gasteiger partial charge on any atom is 0.243 e. The number of anilines is 1. The van der Waals surface area contributed by atoms with Crippen LogP contribution in [0.1, 0.15) is 22.3 Å². The molecule has 7 heteroatoms. The Labute approximate surface area is 160 Å². The molecule has 0 heterocycles. The fraction of sp³-hybridized carbons (Fsp3) is 0.316. The van der Waals surface area contributed by atoms with E-state index in [9.17, 15) is 13.2 Å². The molecular formula is C19H23ClN2O3S. The summed E-state index contributed by atoms with van der Waals surface area (Å²) in [7, 11) is -2.38. The van der Waals surface area contributed by atoms with Gasteiger partial charge in [0.1, 0.15) is 0 Å². The van der Waals surface area contributed by atoms with E-state index in [0.29, 0.717) is 21.8 Å². The fourth-order valence-electron chi connectivity index (χ4n) is 2.95. The van der Waals surface area contributed by atoms with Crippen molar-refractivity contribution in [2.75, 3.05) is 18.9 Å². The highest BCUT2D eigenvalue weighted by Gasteiger charge is 2.26. The Kier molecular flexibility index (Phi) is 6.11. The predicted octanol–water partition coefficient (Wildman–Crippen LogP) is 3.83. The number of nitrogens with one attached hydrogen (secondary N) is 1. The van der Waals surface area contributed by atoms with Gasteiger partial charge in [-0.3, -0.25) is 4.79 Å². The lowest BCUT2D eigenvalue weighted by Crippen LogP contribution is -2.35. The third-order valence-corrected chi connectivity index (χ3v) is 6.70. The normalized spacial score (nSPS) is 11.7. The number of aryl methyl sites for hydroxylation is 3. The molecule has 0 aromatic heterocycles. The summed E-state index contributed by atoms with van der Waals surface area (Å²) in [4.78, 5) is 12.6. The summed E-state index contributed by atoms with van der Waals surface area (Å²) >= 11 is 6.05. The molecule has 0 aliphatic carbocycles. The second-order valence-corrected chi connectivity index (χ2v) is 8.84. The van der Waals surface area contributed by atoms with Gasteiger partial charge in [-0.05, 0) is 56.5 Å². The Morgan fingerprint density at radius 3 is 2.27 bits per heavy atom. The molecule has 0 unspecified atom stereocenters. The van der Waals surface area contributed by atoms with Gasteiger partial charge >= 0.3 is 0 Å². The average molecular weight is 395 g/mol. The topological polar surface area (TPSA) is 66.5 Å². The Hall–Kier alpha value is -1.89. The highest BCUT2D eigenvalue weighted by Crippen LogP contribution is 2.25. The summed E-state index contributed by atoms with van der Waals surface area (Å²) in [5, 5.41) is 3.25. The van der Waals surface area contributed by atoms with E-state index in [-0.39, 0.29) is 11.4 Å². The highest BCUT2D eigenvalue weighted by molar-refractivity contribution is 7.89. The van der Waals surface area contributed by atoms with E-state index in [2.05, 4.69) is 5.32 Å². The van der Waals surface area contributed by atoms with Crippen molar-refractivity contribution in [2.45, 2.75) is 32.6 Å². The van der Waals surface area contributed by atoms with Gasteiger partial charge in [0.2, 0.25) is 15.9 Å². The lowest BCUT2D eigenvalue weighted by molar-refractivity contribution is -0.116. The van der Waals surface area contributed by atoms with E-state index in [1.807, 2.05) is 19.1 Å². The number of nitrogens with zero attached hydrogens (tertiary/aromatic N) is 1. The molecule has 0 aliphatic rings. The SMILES string of the molecule is Cc1cc(C)c(S(=O)(=O)N(C)CC(=O)Nc2cccc(Cl)c2C)c(C)c1. The molecule has 2 aromatic rings. The van der Waals surface area contributed by atoms with E-state index < -0.39 is 15.9 Å². The zero-order valence-electron chi connectivity index (χ0n) is 15.6. The van der Waals surface area contributed by atoms with Gasteiger partial charge < -0.3 is 5.32 Å². The van der Waals surface area contributed by atoms with Crippen LogP contribution in [0.5, 0.6) is 0 Å². The number of carbonyl (C=O) groups excluding carboxylic acids is 1. The molecule has 0 fully saturated rings. The monoisotopic (exact) mass is 394 g/mol. The molecule has 2 aromatic carbocycles. The zero-order chi connectivity index (χ0) is 19.6. The van der Waals surface area contributed by atoms with Gasteiger partial charge in [0.05, 0.1) is 11.4 Å². The molecule has 0 aliphatic heterocycles. The lowest BCUT2D eigenvalue weighted by Gasteiger charge is -2.20. The maximum atomic E-state index is 12.9. The quantitative estimate of drug-likeness (QED) is 0.837. The van der Waals surface area contributed by atoms with Gasteiger partial charge in [0, 0.05) is 17.8 Å². The summed E-state index contributed by atoms with van der Waals surface area (Å²) in [6.45, 7) is 6.94. The van der Waals surface area contributed by atoms with Crippen LogP contribution in [0.25, 0.3) is 0 Å². The molecule has 0 atom stereocenters. The van der Waals surface area contributed by atoms with Crippen molar-refractivity contribution in [3.8, 4) is 0 Å². The van der Waals surface area contributed by atoms with Gasteiger partial charge in [0.15, 0.2) is 0 Å². The Morgan fingerprint density at radius 1 is 1.12 bits per heavy atom. The van der Waals surface area contributed by atoms with Crippen LogP contribution in [0.15, 0.2) is 35.2 Å². The van der Waals surface area contributed by atoms with Crippen LogP contribution in [0.2, 0.25) is 5.02 Å². The fourth-order valence-corrected chi connectivity index (χ4v) is 4.65. The van der Waals surface area contributed by atoms with Crippen molar-refractivity contribution in [1.29, 1.82) is 0 Å². The van der Waals surface area contributed by atoms with E-state index in [1.165, 1.54) is 7.05 Å². The van der Waals surface area contributed by atoms with Gasteiger partial charge in [-0.15, -0.1) is 0 Å². The molecule has 0 bridgehead atoms. The van der Waals surface area contributed by atoms with Crippen LogP contribution in [-0.2, 0) is 14.8 Å². The van der Waals surface area contributed by atoms with Crippen molar-refractivity contribution in [1.82, 2.24) is 4.31 Å². The molecule has 2 rings (SSSR count). The van der Waals surface area contributed by atoms with Crippen LogP contribution in [0.4, 0.5) is 5.69 Å². The zero-order valence-corrected chi connectivity index (χ0v) is 17.1. The molecule has 1 amide bonds. The number of carbonyl (C=O) groups is 1. The number of benzene rings is 2. The van der Waals surface area contributed by atoms with Crippen molar-refractivity contribution in [3.05, 3.63) is 57.6 Å². The largest absolute Gasteiger partial charge is 0.325 e. The minimum atomic E-state index is -3.78.